The van der Waals surface area contributed by atoms with E-state index in [1.165, 1.54) is 12.1 Å². The second kappa shape index (κ2) is 9.60. The maximum absolute atomic E-state index is 11.9. The predicted octanol–water partition coefficient (Wildman–Crippen LogP) is 3.27. The van der Waals surface area contributed by atoms with E-state index in [9.17, 15) is 9.59 Å². The lowest BCUT2D eigenvalue weighted by Crippen LogP contribution is -2.37. The van der Waals surface area contributed by atoms with Crippen molar-refractivity contribution in [3.63, 3.8) is 0 Å². The third-order valence-electron chi connectivity index (χ3n) is 3.39. The molecule has 0 unspecified atom stereocenters. The first-order valence-electron chi connectivity index (χ1n) is 7.46. The van der Waals surface area contributed by atoms with Gasteiger partial charge in [-0.05, 0) is 37.0 Å². The number of hydrogen-bond donors (Lipinski definition) is 2. The Balaban J connectivity index is 2.29. The van der Waals surface area contributed by atoms with Crippen molar-refractivity contribution in [3.8, 4) is 0 Å². The zero-order chi connectivity index (χ0) is 16.4. The summed E-state index contributed by atoms with van der Waals surface area (Å²) >= 11 is 0. The van der Waals surface area contributed by atoms with Gasteiger partial charge in [0.1, 0.15) is 0 Å². The van der Waals surface area contributed by atoms with E-state index in [1.54, 1.807) is 24.1 Å². The molecule has 0 saturated carbocycles. The third kappa shape index (κ3) is 6.43. The van der Waals surface area contributed by atoms with Gasteiger partial charge < -0.3 is 15.3 Å². The Morgan fingerprint density at radius 2 is 1.91 bits per heavy atom. The van der Waals surface area contributed by atoms with E-state index >= 15 is 0 Å². The molecular formula is C17H24N2O3. The van der Waals surface area contributed by atoms with Crippen molar-refractivity contribution in [2.75, 3.05) is 13.6 Å². The number of carboxylic acids is 1. The minimum absolute atomic E-state index is 0.119. The topological polar surface area (TPSA) is 69.6 Å². The fraction of sp³-hybridized carbons (Fsp3) is 0.412. The summed E-state index contributed by atoms with van der Waals surface area (Å²) < 4.78 is 0. The molecule has 2 N–H and O–H groups in total. The number of nitrogens with zero attached hydrogens (tertiary/aromatic N) is 1. The first-order chi connectivity index (χ1) is 10.5. The molecule has 0 saturated heterocycles. The number of carboxylic acid groups (broad SMARTS) is 1. The molecule has 0 heterocycles. The summed E-state index contributed by atoms with van der Waals surface area (Å²) in [5, 5.41) is 11.6. The van der Waals surface area contributed by atoms with Crippen molar-refractivity contribution in [1.29, 1.82) is 0 Å². The third-order valence-corrected chi connectivity index (χ3v) is 3.39. The van der Waals surface area contributed by atoms with Gasteiger partial charge in [0.2, 0.25) is 0 Å². The molecule has 22 heavy (non-hydrogen) atoms. The van der Waals surface area contributed by atoms with Crippen molar-refractivity contribution in [3.05, 3.63) is 48.0 Å². The van der Waals surface area contributed by atoms with Crippen LogP contribution in [0.5, 0.6) is 0 Å². The summed E-state index contributed by atoms with van der Waals surface area (Å²) in [6.07, 6.45) is 6.09. The van der Waals surface area contributed by atoms with E-state index in [4.69, 9.17) is 5.11 Å². The van der Waals surface area contributed by atoms with Gasteiger partial charge in [-0.25, -0.2) is 9.59 Å². The second-order valence-corrected chi connectivity index (χ2v) is 5.22. The Hall–Kier alpha value is -2.30. The van der Waals surface area contributed by atoms with Gasteiger partial charge in [0, 0.05) is 20.1 Å². The molecule has 0 aliphatic carbocycles. The molecule has 1 aromatic rings. The minimum atomic E-state index is -0.952. The van der Waals surface area contributed by atoms with Gasteiger partial charge >= 0.3 is 12.0 Å². The lowest BCUT2D eigenvalue weighted by molar-refractivity contribution is 0.0697. The first kappa shape index (κ1) is 17.8. The van der Waals surface area contributed by atoms with Crippen LogP contribution in [-0.2, 0) is 6.54 Å². The number of urea groups is 1. The number of hydrogen-bond acceptors (Lipinski definition) is 2. The van der Waals surface area contributed by atoms with Crippen LogP contribution in [0.25, 0.3) is 0 Å². The molecule has 5 nitrogen and oxygen atoms in total. The van der Waals surface area contributed by atoms with E-state index in [0.717, 1.165) is 37.8 Å². The SMILES string of the molecule is C=CCCCCCN(C)C(=O)NCc1ccc(C(=O)O)cc1. The predicted molar refractivity (Wildman–Crippen MR) is 86.9 cm³/mol. The van der Waals surface area contributed by atoms with Crippen molar-refractivity contribution in [1.82, 2.24) is 10.2 Å². The minimum Gasteiger partial charge on any atom is -0.478 e. The summed E-state index contributed by atoms with van der Waals surface area (Å²) in [7, 11) is 1.77. The molecule has 5 heteroatoms. The van der Waals surface area contributed by atoms with Gasteiger partial charge in [0.05, 0.1) is 5.56 Å². The number of unbranched alkanes of at least 4 members (excludes halogenated alkanes) is 3. The molecule has 0 radical (unpaired) electrons. The number of benzene rings is 1. The fourth-order valence-electron chi connectivity index (χ4n) is 1.99. The molecule has 1 aromatic carbocycles. The van der Waals surface area contributed by atoms with Gasteiger partial charge in [-0.15, -0.1) is 6.58 Å². The lowest BCUT2D eigenvalue weighted by atomic mass is 10.1. The molecule has 2 amide bonds. The number of carbonyl (C=O) groups is 2. The summed E-state index contributed by atoms with van der Waals surface area (Å²) in [6, 6.07) is 6.37. The number of aromatic carboxylic acids is 1. The molecule has 0 aliphatic heterocycles. The molecule has 120 valence electrons. The average Bonchev–Trinajstić information content (AvgIpc) is 2.52. The van der Waals surface area contributed by atoms with Crippen LogP contribution in [0, 0.1) is 0 Å². The standard InChI is InChI=1S/C17H24N2O3/c1-3-4-5-6-7-12-19(2)17(22)18-13-14-8-10-15(11-9-14)16(20)21/h3,8-11H,1,4-7,12-13H2,2H3,(H,18,22)(H,20,21). The number of allylic oxidation sites excluding steroid dienone is 1. The lowest BCUT2D eigenvalue weighted by Gasteiger charge is -2.18. The van der Waals surface area contributed by atoms with E-state index in [1.807, 2.05) is 6.08 Å². The molecule has 1 rings (SSSR count). The van der Waals surface area contributed by atoms with Gasteiger partial charge in [-0.1, -0.05) is 24.6 Å². The molecular weight excluding hydrogens is 280 g/mol. The average molecular weight is 304 g/mol. The van der Waals surface area contributed by atoms with E-state index < -0.39 is 5.97 Å². The highest BCUT2D eigenvalue weighted by molar-refractivity contribution is 5.87. The van der Waals surface area contributed by atoms with Crippen LogP contribution < -0.4 is 5.32 Å². The van der Waals surface area contributed by atoms with Gasteiger partial charge in [0.25, 0.3) is 0 Å². The molecule has 0 aliphatic rings. The maximum atomic E-state index is 11.9. The zero-order valence-electron chi connectivity index (χ0n) is 13.0. The quantitative estimate of drug-likeness (QED) is 0.543. The molecule has 0 aromatic heterocycles. The number of rotatable bonds is 9. The van der Waals surface area contributed by atoms with Crippen LogP contribution in [0.3, 0.4) is 0 Å². The van der Waals surface area contributed by atoms with Crippen LogP contribution in [-0.4, -0.2) is 35.6 Å². The van der Waals surface area contributed by atoms with E-state index in [-0.39, 0.29) is 11.6 Å². The molecule has 0 bridgehead atoms. The molecule has 0 fully saturated rings. The van der Waals surface area contributed by atoms with Crippen LogP contribution in [0.4, 0.5) is 4.79 Å². The van der Waals surface area contributed by atoms with Gasteiger partial charge in [0.15, 0.2) is 0 Å². The first-order valence-corrected chi connectivity index (χ1v) is 7.46. The van der Waals surface area contributed by atoms with Crippen LogP contribution in [0.1, 0.15) is 41.6 Å². The highest BCUT2D eigenvalue weighted by atomic mass is 16.4. The van der Waals surface area contributed by atoms with Crippen LogP contribution >= 0.6 is 0 Å². The largest absolute Gasteiger partial charge is 0.478 e. The second-order valence-electron chi connectivity index (χ2n) is 5.22. The van der Waals surface area contributed by atoms with Crippen molar-refractivity contribution in [2.24, 2.45) is 0 Å². The highest BCUT2D eigenvalue weighted by Crippen LogP contribution is 2.05. The Labute approximate surface area is 131 Å². The zero-order valence-corrected chi connectivity index (χ0v) is 13.0. The van der Waals surface area contributed by atoms with Gasteiger partial charge in [-0.2, -0.15) is 0 Å². The molecule has 0 spiro atoms. The Morgan fingerprint density at radius 1 is 1.23 bits per heavy atom. The van der Waals surface area contributed by atoms with Crippen LogP contribution in [0.2, 0.25) is 0 Å². The number of nitrogens with one attached hydrogen (secondary N) is 1. The summed E-state index contributed by atoms with van der Waals surface area (Å²) in [5.41, 5.74) is 1.12. The van der Waals surface area contributed by atoms with Crippen molar-refractivity contribution >= 4 is 12.0 Å². The number of amides is 2. The maximum Gasteiger partial charge on any atom is 0.335 e. The Bertz CT molecular complexity index is 497. The van der Waals surface area contributed by atoms with E-state index in [2.05, 4.69) is 11.9 Å². The Morgan fingerprint density at radius 3 is 2.50 bits per heavy atom. The summed E-state index contributed by atoms with van der Waals surface area (Å²) in [6.45, 7) is 4.79. The van der Waals surface area contributed by atoms with Crippen LogP contribution in [0.15, 0.2) is 36.9 Å². The van der Waals surface area contributed by atoms with Gasteiger partial charge in [-0.3, -0.25) is 0 Å². The van der Waals surface area contributed by atoms with E-state index in [0.29, 0.717) is 6.54 Å². The normalized spacial score (nSPS) is 10.0. The summed E-state index contributed by atoms with van der Waals surface area (Å²) in [5.74, 6) is -0.952. The highest BCUT2D eigenvalue weighted by Gasteiger charge is 2.08. The fourth-order valence-corrected chi connectivity index (χ4v) is 1.99. The Kier molecular flexibility index (Phi) is 7.75. The monoisotopic (exact) mass is 304 g/mol. The smallest absolute Gasteiger partial charge is 0.335 e. The number of carbonyl (C=O) groups excluding carboxylic acids is 1. The van der Waals surface area contributed by atoms with Crippen molar-refractivity contribution in [2.45, 2.75) is 32.2 Å². The molecule has 0 atom stereocenters. The summed E-state index contributed by atoms with van der Waals surface area (Å²) in [4.78, 5) is 24.3. The van der Waals surface area contributed by atoms with Crippen molar-refractivity contribution < 1.29 is 14.7 Å².